The number of carboxylic acids is 1. The first-order valence-corrected chi connectivity index (χ1v) is 5.50. The number of rotatable bonds is 7. The van der Waals surface area contributed by atoms with Gasteiger partial charge in [0.15, 0.2) is 0 Å². The van der Waals surface area contributed by atoms with Gasteiger partial charge in [-0.15, -0.1) is 0 Å². The van der Waals surface area contributed by atoms with Crippen molar-refractivity contribution in [3.05, 3.63) is 24.3 Å². The molecule has 86 valence electrons. The Labute approximate surface area is 92.7 Å². The van der Waals surface area contributed by atoms with Gasteiger partial charge in [-0.2, -0.15) is 0 Å². The van der Waals surface area contributed by atoms with Gasteiger partial charge in [0.25, 0.3) is 0 Å². The third kappa shape index (κ3) is 6.95. The quantitative estimate of drug-likeness (QED) is 0.512. The van der Waals surface area contributed by atoms with Crippen LogP contribution < -0.4 is 0 Å². The van der Waals surface area contributed by atoms with Gasteiger partial charge in [-0.05, 0) is 46.5 Å². The second-order valence-corrected chi connectivity index (χ2v) is 4.35. The van der Waals surface area contributed by atoms with Crippen LogP contribution in [0.5, 0.6) is 0 Å². The first-order valence-electron chi connectivity index (χ1n) is 5.50. The van der Waals surface area contributed by atoms with Gasteiger partial charge in [0, 0.05) is 0 Å². The summed E-state index contributed by atoms with van der Waals surface area (Å²) >= 11 is 0. The molecule has 0 spiro atoms. The Bertz CT molecular complexity index is 237. The van der Waals surface area contributed by atoms with E-state index in [1.165, 1.54) is 0 Å². The van der Waals surface area contributed by atoms with Gasteiger partial charge < -0.3 is 5.11 Å². The van der Waals surface area contributed by atoms with Gasteiger partial charge in [0.1, 0.15) is 0 Å². The van der Waals surface area contributed by atoms with E-state index in [1.807, 2.05) is 13.0 Å². The number of allylic oxidation sites excluding steroid dienone is 4. The summed E-state index contributed by atoms with van der Waals surface area (Å²) in [6, 6.07) is 0. The Balaban J connectivity index is 3.65. The van der Waals surface area contributed by atoms with Crippen LogP contribution in [0.1, 0.15) is 46.5 Å². The summed E-state index contributed by atoms with van der Waals surface area (Å²) in [6.45, 7) is 5.55. The molecule has 0 amide bonds. The normalized spacial score (nSPS) is 12.7. The summed E-state index contributed by atoms with van der Waals surface area (Å²) in [7, 11) is 0. The van der Waals surface area contributed by atoms with E-state index in [-0.39, 0.29) is 0 Å². The number of carboxylic acid groups (broad SMARTS) is 1. The van der Waals surface area contributed by atoms with Gasteiger partial charge in [-0.1, -0.05) is 24.3 Å². The van der Waals surface area contributed by atoms with Crippen molar-refractivity contribution in [3.63, 3.8) is 0 Å². The van der Waals surface area contributed by atoms with Gasteiger partial charge in [0.05, 0.1) is 5.41 Å². The van der Waals surface area contributed by atoms with Crippen molar-refractivity contribution < 1.29 is 9.90 Å². The third-order valence-corrected chi connectivity index (χ3v) is 2.42. The highest BCUT2D eigenvalue weighted by Gasteiger charge is 2.25. The minimum Gasteiger partial charge on any atom is -0.481 e. The highest BCUT2D eigenvalue weighted by atomic mass is 16.4. The minimum atomic E-state index is -0.718. The summed E-state index contributed by atoms with van der Waals surface area (Å²) in [6.07, 6.45) is 12.0. The lowest BCUT2D eigenvalue weighted by Gasteiger charge is -2.17. The number of aliphatic carboxylic acids is 1. The molecule has 0 saturated carbocycles. The van der Waals surface area contributed by atoms with Gasteiger partial charge >= 0.3 is 5.97 Å². The molecule has 0 aliphatic carbocycles. The first kappa shape index (κ1) is 13.9. The van der Waals surface area contributed by atoms with Crippen molar-refractivity contribution in [1.29, 1.82) is 0 Å². The highest BCUT2D eigenvalue weighted by Crippen LogP contribution is 2.22. The fourth-order valence-corrected chi connectivity index (χ4v) is 1.15. The molecule has 1 N–H and O–H groups in total. The Morgan fingerprint density at radius 1 is 1.13 bits per heavy atom. The van der Waals surface area contributed by atoms with E-state index in [0.29, 0.717) is 6.42 Å². The predicted octanol–water partition coefficient (Wildman–Crippen LogP) is 3.79. The van der Waals surface area contributed by atoms with E-state index in [2.05, 4.69) is 18.2 Å². The topological polar surface area (TPSA) is 37.3 Å². The van der Waals surface area contributed by atoms with Crippen LogP contribution in [0.15, 0.2) is 24.3 Å². The maximum atomic E-state index is 10.8. The van der Waals surface area contributed by atoms with Crippen LogP contribution in [0.4, 0.5) is 0 Å². The van der Waals surface area contributed by atoms with Gasteiger partial charge in [0.2, 0.25) is 0 Å². The van der Waals surface area contributed by atoms with Crippen LogP contribution in [0.25, 0.3) is 0 Å². The molecule has 0 atom stereocenters. The molecule has 0 aromatic heterocycles. The van der Waals surface area contributed by atoms with Crippen molar-refractivity contribution in [2.45, 2.75) is 46.5 Å². The smallest absolute Gasteiger partial charge is 0.309 e. The molecule has 15 heavy (non-hydrogen) atoms. The maximum Gasteiger partial charge on any atom is 0.309 e. The molecule has 0 rings (SSSR count). The summed E-state index contributed by atoms with van der Waals surface area (Å²) in [5.41, 5.74) is -0.604. The second-order valence-electron chi connectivity index (χ2n) is 4.35. The molecule has 0 saturated heterocycles. The van der Waals surface area contributed by atoms with Crippen molar-refractivity contribution in [2.24, 2.45) is 5.41 Å². The van der Waals surface area contributed by atoms with Gasteiger partial charge in [-0.25, -0.2) is 0 Å². The Kier molecular flexibility index (Phi) is 6.76. The van der Waals surface area contributed by atoms with Crippen LogP contribution in [-0.4, -0.2) is 11.1 Å². The van der Waals surface area contributed by atoms with Crippen LogP contribution in [0, 0.1) is 5.41 Å². The first-order chi connectivity index (χ1) is 7.00. The van der Waals surface area contributed by atoms with Crippen molar-refractivity contribution in [2.75, 3.05) is 0 Å². The molecule has 0 aliphatic heterocycles. The zero-order chi connectivity index (χ0) is 11.7. The summed E-state index contributed by atoms with van der Waals surface area (Å²) in [5.74, 6) is -0.718. The van der Waals surface area contributed by atoms with E-state index < -0.39 is 11.4 Å². The number of hydrogen-bond donors (Lipinski definition) is 1. The third-order valence-electron chi connectivity index (χ3n) is 2.42. The van der Waals surface area contributed by atoms with Crippen molar-refractivity contribution >= 4 is 5.97 Å². The number of hydrogen-bond acceptors (Lipinski definition) is 1. The van der Waals surface area contributed by atoms with E-state index in [9.17, 15) is 4.79 Å². The van der Waals surface area contributed by atoms with E-state index >= 15 is 0 Å². The molecule has 2 heteroatoms. The van der Waals surface area contributed by atoms with Crippen LogP contribution in [0.2, 0.25) is 0 Å². The Morgan fingerprint density at radius 3 is 2.20 bits per heavy atom. The minimum absolute atomic E-state index is 0.604. The Hall–Kier alpha value is -1.05. The van der Waals surface area contributed by atoms with Crippen LogP contribution in [-0.2, 0) is 4.79 Å². The fraction of sp³-hybridized carbons (Fsp3) is 0.615. The average Bonchev–Trinajstić information content (AvgIpc) is 2.16. The molecular weight excluding hydrogens is 188 g/mol. The van der Waals surface area contributed by atoms with E-state index in [4.69, 9.17) is 5.11 Å². The monoisotopic (exact) mass is 210 g/mol. The molecule has 0 bridgehead atoms. The summed E-state index contributed by atoms with van der Waals surface area (Å²) in [4.78, 5) is 10.8. The maximum absolute atomic E-state index is 10.8. The lowest BCUT2D eigenvalue weighted by Crippen LogP contribution is -2.23. The molecule has 0 aliphatic rings. The largest absolute Gasteiger partial charge is 0.481 e. The number of unbranched alkanes of at least 4 members (excludes halogenated alkanes) is 1. The molecule has 0 fully saturated rings. The van der Waals surface area contributed by atoms with Gasteiger partial charge in [-0.3, -0.25) is 4.79 Å². The summed E-state index contributed by atoms with van der Waals surface area (Å²) in [5, 5.41) is 8.88. The molecule has 0 aromatic carbocycles. The van der Waals surface area contributed by atoms with Crippen LogP contribution in [0.3, 0.4) is 0 Å². The molecule has 0 aromatic rings. The molecule has 0 heterocycles. The fourth-order valence-electron chi connectivity index (χ4n) is 1.15. The zero-order valence-electron chi connectivity index (χ0n) is 9.99. The average molecular weight is 210 g/mol. The SMILES string of the molecule is CC=CCCC=CCCC(C)(C)C(=O)O. The van der Waals surface area contributed by atoms with E-state index in [1.54, 1.807) is 13.8 Å². The molecular formula is C13H22O2. The van der Waals surface area contributed by atoms with Crippen molar-refractivity contribution in [3.8, 4) is 0 Å². The Morgan fingerprint density at radius 2 is 1.67 bits per heavy atom. The lowest BCUT2D eigenvalue weighted by molar-refractivity contribution is -0.147. The molecule has 0 radical (unpaired) electrons. The molecule has 2 nitrogen and oxygen atoms in total. The second kappa shape index (κ2) is 7.27. The summed E-state index contributed by atoms with van der Waals surface area (Å²) < 4.78 is 0. The predicted molar refractivity (Wildman–Crippen MR) is 63.8 cm³/mol. The lowest BCUT2D eigenvalue weighted by atomic mass is 9.88. The standard InChI is InChI=1S/C13H22O2/c1-4-5-6-7-8-9-10-11-13(2,3)12(14)15/h4-5,8-9H,6-7,10-11H2,1-3H3,(H,14,15). The highest BCUT2D eigenvalue weighted by molar-refractivity contribution is 5.73. The van der Waals surface area contributed by atoms with E-state index in [0.717, 1.165) is 19.3 Å². The zero-order valence-corrected chi connectivity index (χ0v) is 9.99. The molecule has 0 unspecified atom stereocenters. The van der Waals surface area contributed by atoms with Crippen molar-refractivity contribution in [1.82, 2.24) is 0 Å². The number of carbonyl (C=O) groups is 1. The van der Waals surface area contributed by atoms with Crippen LogP contribution >= 0.6 is 0 Å².